The first-order valence-corrected chi connectivity index (χ1v) is 9.92. The summed E-state index contributed by atoms with van der Waals surface area (Å²) < 4.78 is 1.89. The van der Waals surface area contributed by atoms with Crippen LogP contribution in [-0.2, 0) is 24.3 Å². The van der Waals surface area contributed by atoms with E-state index in [9.17, 15) is 14.4 Å². The van der Waals surface area contributed by atoms with Crippen LogP contribution in [0.4, 0.5) is 0 Å². The van der Waals surface area contributed by atoms with Gasteiger partial charge in [-0.05, 0) is 30.9 Å². The molecule has 0 aromatic carbocycles. The van der Waals surface area contributed by atoms with Crippen LogP contribution in [0.15, 0.2) is 24.5 Å². The first-order valence-electron chi connectivity index (χ1n) is 9.92. The number of imidazole rings is 1. The van der Waals surface area contributed by atoms with Crippen LogP contribution in [0, 0.1) is 0 Å². The van der Waals surface area contributed by atoms with E-state index < -0.39 is 0 Å². The van der Waals surface area contributed by atoms with E-state index in [0.29, 0.717) is 50.8 Å². The summed E-state index contributed by atoms with van der Waals surface area (Å²) in [7, 11) is 0. The molecule has 1 N–H and O–H groups in total. The van der Waals surface area contributed by atoms with Crippen molar-refractivity contribution in [2.45, 2.75) is 32.4 Å². The minimum absolute atomic E-state index is 0.160. The van der Waals surface area contributed by atoms with Crippen LogP contribution in [0.2, 0.25) is 0 Å². The molecule has 0 saturated carbocycles. The number of pyridine rings is 1. The van der Waals surface area contributed by atoms with Crippen molar-refractivity contribution < 1.29 is 14.4 Å². The molecule has 29 heavy (non-hydrogen) atoms. The minimum atomic E-state index is -0.290. The summed E-state index contributed by atoms with van der Waals surface area (Å²) in [4.78, 5) is 48.7. The third-order valence-electron chi connectivity index (χ3n) is 5.45. The Labute approximate surface area is 168 Å². The highest BCUT2D eigenvalue weighted by atomic mass is 16.2. The Bertz CT molecular complexity index is 902. The van der Waals surface area contributed by atoms with E-state index >= 15 is 0 Å². The summed E-state index contributed by atoms with van der Waals surface area (Å²) in [6, 6.07) is 3.71. The van der Waals surface area contributed by atoms with Gasteiger partial charge in [0.1, 0.15) is 5.69 Å². The van der Waals surface area contributed by atoms with E-state index in [1.54, 1.807) is 22.2 Å². The van der Waals surface area contributed by atoms with Gasteiger partial charge in [0.2, 0.25) is 6.41 Å². The standard InChI is InChI=1S/C20H24N6O3/c27-14-24-8-10-25(11-9-24)20(29)17-16-5-1-2-7-26(16)18(23-17)19(28)22-13-15-4-3-6-21-12-15/h3-4,6,12,14H,1-2,5,7-11,13H2,(H,22,28). The van der Waals surface area contributed by atoms with Gasteiger partial charge in [-0.25, -0.2) is 4.98 Å². The first kappa shape index (κ1) is 19.1. The molecule has 2 aromatic rings. The van der Waals surface area contributed by atoms with Gasteiger partial charge in [0, 0.05) is 51.7 Å². The largest absolute Gasteiger partial charge is 0.345 e. The molecule has 1 saturated heterocycles. The number of hydrogen-bond acceptors (Lipinski definition) is 5. The van der Waals surface area contributed by atoms with Crippen molar-refractivity contribution in [2.75, 3.05) is 26.2 Å². The van der Waals surface area contributed by atoms with Gasteiger partial charge in [-0.2, -0.15) is 0 Å². The van der Waals surface area contributed by atoms with Crippen molar-refractivity contribution in [1.29, 1.82) is 0 Å². The number of carbonyl (C=O) groups is 3. The molecule has 152 valence electrons. The van der Waals surface area contributed by atoms with Gasteiger partial charge in [-0.15, -0.1) is 0 Å². The maximum Gasteiger partial charge on any atom is 0.287 e. The fraction of sp³-hybridized carbons (Fsp3) is 0.450. The molecular formula is C20H24N6O3. The molecule has 2 aromatic heterocycles. The third kappa shape index (κ3) is 3.98. The SMILES string of the molecule is O=CN1CCN(C(=O)c2nc(C(=O)NCc3cccnc3)n3c2CCCC3)CC1. The molecule has 0 radical (unpaired) electrons. The Hall–Kier alpha value is -3.23. The minimum Gasteiger partial charge on any atom is -0.345 e. The Morgan fingerprint density at radius 1 is 1.14 bits per heavy atom. The maximum absolute atomic E-state index is 13.1. The molecule has 4 rings (SSSR count). The fourth-order valence-corrected chi connectivity index (χ4v) is 3.83. The number of aromatic nitrogens is 3. The molecule has 0 spiro atoms. The highest BCUT2D eigenvalue weighted by Crippen LogP contribution is 2.23. The Balaban J connectivity index is 1.53. The predicted octanol–water partition coefficient (Wildman–Crippen LogP) is 0.459. The molecule has 4 heterocycles. The lowest BCUT2D eigenvalue weighted by molar-refractivity contribution is -0.119. The second-order valence-corrected chi connectivity index (χ2v) is 7.32. The third-order valence-corrected chi connectivity index (χ3v) is 5.45. The predicted molar refractivity (Wildman–Crippen MR) is 104 cm³/mol. The normalized spacial score (nSPS) is 16.3. The van der Waals surface area contributed by atoms with Crippen LogP contribution in [0.25, 0.3) is 0 Å². The van der Waals surface area contributed by atoms with Gasteiger partial charge in [-0.3, -0.25) is 19.4 Å². The van der Waals surface area contributed by atoms with Gasteiger partial charge >= 0.3 is 0 Å². The van der Waals surface area contributed by atoms with Crippen molar-refractivity contribution in [3.8, 4) is 0 Å². The highest BCUT2D eigenvalue weighted by molar-refractivity contribution is 5.97. The van der Waals surface area contributed by atoms with Crippen molar-refractivity contribution in [3.05, 3.63) is 47.3 Å². The van der Waals surface area contributed by atoms with Gasteiger partial charge in [0.25, 0.3) is 11.8 Å². The van der Waals surface area contributed by atoms with Crippen molar-refractivity contribution in [1.82, 2.24) is 29.7 Å². The molecule has 3 amide bonds. The van der Waals surface area contributed by atoms with Gasteiger partial charge in [-0.1, -0.05) is 6.07 Å². The molecule has 1 fully saturated rings. The summed E-state index contributed by atoms with van der Waals surface area (Å²) >= 11 is 0. The maximum atomic E-state index is 13.1. The summed E-state index contributed by atoms with van der Waals surface area (Å²) in [5.41, 5.74) is 2.11. The molecule has 0 bridgehead atoms. The van der Waals surface area contributed by atoms with Crippen molar-refractivity contribution >= 4 is 18.2 Å². The molecule has 9 nitrogen and oxygen atoms in total. The summed E-state index contributed by atoms with van der Waals surface area (Å²) in [6.07, 6.45) is 6.86. The number of fused-ring (bicyclic) bond motifs is 1. The van der Waals surface area contributed by atoms with Gasteiger partial charge < -0.3 is 19.7 Å². The Kier molecular flexibility index (Phi) is 5.55. The topological polar surface area (TPSA) is 100 Å². The molecule has 0 unspecified atom stereocenters. The molecule has 0 aliphatic carbocycles. The van der Waals surface area contributed by atoms with E-state index in [2.05, 4.69) is 15.3 Å². The number of rotatable bonds is 5. The molecule has 9 heteroatoms. The molecule has 2 aliphatic rings. The van der Waals surface area contributed by atoms with E-state index in [0.717, 1.165) is 36.9 Å². The van der Waals surface area contributed by atoms with E-state index in [1.807, 2.05) is 16.7 Å². The summed E-state index contributed by atoms with van der Waals surface area (Å²) in [5, 5.41) is 2.88. The monoisotopic (exact) mass is 396 g/mol. The lowest BCUT2D eigenvalue weighted by Crippen LogP contribution is -2.48. The number of piperazine rings is 1. The zero-order valence-electron chi connectivity index (χ0n) is 16.2. The first-order chi connectivity index (χ1) is 14.2. The number of carbonyl (C=O) groups excluding carboxylic acids is 3. The fourth-order valence-electron chi connectivity index (χ4n) is 3.83. The zero-order valence-corrected chi connectivity index (χ0v) is 16.2. The zero-order chi connectivity index (χ0) is 20.2. The van der Waals surface area contributed by atoms with Crippen molar-refractivity contribution in [2.24, 2.45) is 0 Å². The van der Waals surface area contributed by atoms with Crippen LogP contribution in [-0.4, -0.2) is 68.7 Å². The molecular weight excluding hydrogens is 372 g/mol. The highest BCUT2D eigenvalue weighted by Gasteiger charge is 2.31. The molecule has 0 atom stereocenters. The van der Waals surface area contributed by atoms with Crippen LogP contribution in [0.1, 0.15) is 45.2 Å². The van der Waals surface area contributed by atoms with E-state index in [-0.39, 0.29) is 11.8 Å². The Morgan fingerprint density at radius 2 is 1.97 bits per heavy atom. The number of nitrogens with one attached hydrogen (secondary N) is 1. The van der Waals surface area contributed by atoms with Gasteiger partial charge in [0.05, 0.1) is 5.69 Å². The summed E-state index contributed by atoms with van der Waals surface area (Å²) in [5.74, 6) is -0.159. The van der Waals surface area contributed by atoms with Gasteiger partial charge in [0.15, 0.2) is 5.82 Å². The smallest absolute Gasteiger partial charge is 0.287 e. The number of amides is 3. The quantitative estimate of drug-likeness (QED) is 0.740. The number of hydrogen-bond donors (Lipinski definition) is 1. The second-order valence-electron chi connectivity index (χ2n) is 7.32. The van der Waals surface area contributed by atoms with Crippen LogP contribution in [0.5, 0.6) is 0 Å². The lowest BCUT2D eigenvalue weighted by Gasteiger charge is -2.32. The second kappa shape index (κ2) is 8.42. The Morgan fingerprint density at radius 3 is 2.69 bits per heavy atom. The summed E-state index contributed by atoms with van der Waals surface area (Å²) in [6.45, 7) is 3.03. The molecule has 2 aliphatic heterocycles. The number of nitrogens with zero attached hydrogens (tertiary/aromatic N) is 5. The van der Waals surface area contributed by atoms with Crippen LogP contribution < -0.4 is 5.32 Å². The lowest BCUT2D eigenvalue weighted by atomic mass is 10.1. The average molecular weight is 396 g/mol. The van der Waals surface area contributed by atoms with E-state index in [4.69, 9.17) is 0 Å². The van der Waals surface area contributed by atoms with E-state index in [1.165, 1.54) is 0 Å². The van der Waals surface area contributed by atoms with Crippen LogP contribution in [0.3, 0.4) is 0 Å². The van der Waals surface area contributed by atoms with Crippen molar-refractivity contribution in [3.63, 3.8) is 0 Å². The van der Waals surface area contributed by atoms with Crippen LogP contribution >= 0.6 is 0 Å². The average Bonchev–Trinajstić information content (AvgIpc) is 3.17.